The molecule has 0 unspecified atom stereocenters. The van der Waals surface area contributed by atoms with E-state index in [0.717, 1.165) is 5.56 Å². The summed E-state index contributed by atoms with van der Waals surface area (Å²) in [4.78, 5) is 19.8. The zero-order valence-corrected chi connectivity index (χ0v) is 10.6. The number of nitrogens with one attached hydrogen (secondary N) is 2. The van der Waals surface area contributed by atoms with E-state index in [4.69, 9.17) is 0 Å². The maximum absolute atomic E-state index is 13.2. The van der Waals surface area contributed by atoms with Crippen LogP contribution in [0.2, 0.25) is 0 Å². The van der Waals surface area contributed by atoms with Crippen molar-refractivity contribution in [1.82, 2.24) is 9.97 Å². The minimum Gasteiger partial charge on any atom is -0.372 e. The highest BCUT2D eigenvalue weighted by Crippen LogP contribution is 2.14. The second-order valence-electron chi connectivity index (χ2n) is 4.01. The maximum atomic E-state index is 13.2. The van der Waals surface area contributed by atoms with E-state index in [-0.39, 0.29) is 5.69 Å². The highest BCUT2D eigenvalue weighted by Gasteiger charge is 2.09. The van der Waals surface area contributed by atoms with Crippen molar-refractivity contribution in [2.45, 2.75) is 6.92 Å². The summed E-state index contributed by atoms with van der Waals surface area (Å²) in [5.41, 5.74) is 1.29. The lowest BCUT2D eigenvalue weighted by atomic mass is 10.2. The fourth-order valence-corrected chi connectivity index (χ4v) is 1.58. The topological polar surface area (TPSA) is 66.9 Å². The highest BCUT2D eigenvalue weighted by atomic mass is 19.1. The van der Waals surface area contributed by atoms with Crippen molar-refractivity contribution in [1.29, 1.82) is 0 Å². The van der Waals surface area contributed by atoms with Gasteiger partial charge in [0.25, 0.3) is 5.91 Å². The number of halogens is 1. The summed E-state index contributed by atoms with van der Waals surface area (Å²) in [5, 5.41) is 5.38. The van der Waals surface area contributed by atoms with Crippen LogP contribution in [0.25, 0.3) is 0 Å². The fourth-order valence-electron chi connectivity index (χ4n) is 1.58. The SMILES string of the molecule is CNc1cnc(C(=O)Nc2cc(C)cc(F)c2)cn1. The van der Waals surface area contributed by atoms with E-state index < -0.39 is 11.7 Å². The Morgan fingerprint density at radius 1 is 1.21 bits per heavy atom. The molecule has 0 fully saturated rings. The number of nitrogens with zero attached hydrogens (tertiary/aromatic N) is 2. The van der Waals surface area contributed by atoms with E-state index in [1.54, 1.807) is 20.0 Å². The Kier molecular flexibility index (Phi) is 3.70. The number of carbonyl (C=O) groups excluding carboxylic acids is 1. The Bertz CT molecular complexity index is 578. The average molecular weight is 260 g/mol. The molecule has 0 spiro atoms. The van der Waals surface area contributed by atoms with Crippen molar-refractivity contribution in [2.24, 2.45) is 0 Å². The molecule has 6 heteroatoms. The molecule has 2 rings (SSSR count). The van der Waals surface area contributed by atoms with Crippen LogP contribution >= 0.6 is 0 Å². The highest BCUT2D eigenvalue weighted by molar-refractivity contribution is 6.02. The Morgan fingerprint density at radius 2 is 2.00 bits per heavy atom. The van der Waals surface area contributed by atoms with Gasteiger partial charge in [0.2, 0.25) is 0 Å². The monoisotopic (exact) mass is 260 g/mol. The van der Waals surface area contributed by atoms with E-state index in [0.29, 0.717) is 11.5 Å². The van der Waals surface area contributed by atoms with Gasteiger partial charge in [-0.15, -0.1) is 0 Å². The van der Waals surface area contributed by atoms with Crippen molar-refractivity contribution in [3.63, 3.8) is 0 Å². The van der Waals surface area contributed by atoms with Gasteiger partial charge < -0.3 is 10.6 Å². The number of rotatable bonds is 3. The molecule has 0 radical (unpaired) electrons. The first kappa shape index (κ1) is 12.9. The summed E-state index contributed by atoms with van der Waals surface area (Å²) in [5.74, 6) is -0.259. The van der Waals surface area contributed by atoms with Gasteiger partial charge in [-0.25, -0.2) is 14.4 Å². The van der Waals surface area contributed by atoms with Gasteiger partial charge >= 0.3 is 0 Å². The quantitative estimate of drug-likeness (QED) is 0.888. The van der Waals surface area contributed by atoms with E-state index in [2.05, 4.69) is 20.6 Å². The second-order valence-corrected chi connectivity index (χ2v) is 4.01. The number of hydrogen-bond acceptors (Lipinski definition) is 4. The number of hydrogen-bond donors (Lipinski definition) is 2. The molecule has 1 heterocycles. The van der Waals surface area contributed by atoms with Gasteiger partial charge in [0.05, 0.1) is 12.4 Å². The standard InChI is InChI=1S/C13H13FN4O/c1-8-3-9(14)5-10(4-8)18-13(19)11-6-17-12(15-2)7-16-11/h3-7H,1-2H3,(H,15,17)(H,18,19). The molecule has 0 aliphatic heterocycles. The molecule has 0 bridgehead atoms. The van der Waals surface area contributed by atoms with Crippen molar-refractivity contribution in [2.75, 3.05) is 17.7 Å². The molecule has 0 atom stereocenters. The lowest BCUT2D eigenvalue weighted by Gasteiger charge is -2.06. The minimum atomic E-state index is -0.430. The number of anilines is 2. The Balaban J connectivity index is 2.15. The van der Waals surface area contributed by atoms with Crippen molar-refractivity contribution in [3.05, 3.63) is 47.7 Å². The molecular weight excluding hydrogens is 247 g/mol. The fraction of sp³-hybridized carbons (Fsp3) is 0.154. The van der Waals surface area contributed by atoms with Crippen LogP contribution in [0.5, 0.6) is 0 Å². The molecule has 1 amide bonds. The Morgan fingerprint density at radius 3 is 2.58 bits per heavy atom. The lowest BCUT2D eigenvalue weighted by Crippen LogP contribution is -2.14. The van der Waals surface area contributed by atoms with Crippen LogP contribution in [0.4, 0.5) is 15.9 Å². The molecular formula is C13H13FN4O. The third kappa shape index (κ3) is 3.25. The van der Waals surface area contributed by atoms with E-state index >= 15 is 0 Å². The first-order valence-corrected chi connectivity index (χ1v) is 5.67. The van der Waals surface area contributed by atoms with Crippen molar-refractivity contribution < 1.29 is 9.18 Å². The van der Waals surface area contributed by atoms with E-state index in [9.17, 15) is 9.18 Å². The first-order valence-electron chi connectivity index (χ1n) is 5.67. The second kappa shape index (κ2) is 5.43. The molecule has 5 nitrogen and oxygen atoms in total. The maximum Gasteiger partial charge on any atom is 0.275 e. The van der Waals surface area contributed by atoms with Crippen molar-refractivity contribution in [3.8, 4) is 0 Å². The van der Waals surface area contributed by atoms with Crippen molar-refractivity contribution >= 4 is 17.4 Å². The van der Waals surface area contributed by atoms with Gasteiger partial charge in [-0.05, 0) is 30.7 Å². The Labute approximate surface area is 109 Å². The lowest BCUT2D eigenvalue weighted by molar-refractivity contribution is 0.102. The zero-order chi connectivity index (χ0) is 13.8. The molecule has 2 aromatic rings. The van der Waals surface area contributed by atoms with E-state index in [1.807, 2.05) is 0 Å². The molecule has 0 aliphatic rings. The summed E-state index contributed by atoms with van der Waals surface area (Å²) < 4.78 is 13.2. The van der Waals surface area contributed by atoms with Crippen LogP contribution in [0.15, 0.2) is 30.6 Å². The molecule has 2 N–H and O–H groups in total. The minimum absolute atomic E-state index is 0.168. The summed E-state index contributed by atoms with van der Waals surface area (Å²) in [6, 6.07) is 4.31. The van der Waals surface area contributed by atoms with Crippen LogP contribution in [-0.4, -0.2) is 22.9 Å². The molecule has 19 heavy (non-hydrogen) atoms. The largest absolute Gasteiger partial charge is 0.372 e. The molecule has 0 saturated carbocycles. The summed E-state index contributed by atoms with van der Waals surface area (Å²) in [6.45, 7) is 1.75. The number of aryl methyl sites for hydroxylation is 1. The van der Waals surface area contributed by atoms with Crippen LogP contribution in [0.3, 0.4) is 0 Å². The van der Waals surface area contributed by atoms with Crippen LogP contribution < -0.4 is 10.6 Å². The predicted octanol–water partition coefficient (Wildman–Crippen LogP) is 2.22. The number of aromatic nitrogens is 2. The van der Waals surface area contributed by atoms with Gasteiger partial charge in [0.15, 0.2) is 0 Å². The molecule has 1 aromatic heterocycles. The van der Waals surface area contributed by atoms with Crippen LogP contribution in [0.1, 0.15) is 16.1 Å². The zero-order valence-electron chi connectivity index (χ0n) is 10.6. The van der Waals surface area contributed by atoms with Gasteiger partial charge in [-0.1, -0.05) is 0 Å². The van der Waals surface area contributed by atoms with E-state index in [1.165, 1.54) is 24.5 Å². The van der Waals surface area contributed by atoms with Gasteiger partial charge in [-0.3, -0.25) is 4.79 Å². The van der Waals surface area contributed by atoms with Crippen LogP contribution in [-0.2, 0) is 0 Å². The number of amides is 1. The Hall–Kier alpha value is -2.50. The van der Waals surface area contributed by atoms with Crippen LogP contribution in [0, 0.1) is 12.7 Å². The normalized spacial score (nSPS) is 10.1. The third-order valence-corrected chi connectivity index (χ3v) is 2.44. The third-order valence-electron chi connectivity index (χ3n) is 2.44. The molecule has 1 aromatic carbocycles. The smallest absolute Gasteiger partial charge is 0.275 e. The van der Waals surface area contributed by atoms with Gasteiger partial charge in [0.1, 0.15) is 17.3 Å². The number of benzene rings is 1. The molecule has 0 saturated heterocycles. The molecule has 98 valence electrons. The summed E-state index contributed by atoms with van der Waals surface area (Å²) in [6.07, 6.45) is 2.80. The number of carbonyl (C=O) groups is 1. The molecule has 0 aliphatic carbocycles. The first-order chi connectivity index (χ1) is 9.08. The summed E-state index contributed by atoms with van der Waals surface area (Å²) >= 11 is 0. The van der Waals surface area contributed by atoms with Gasteiger partial charge in [0, 0.05) is 12.7 Å². The summed E-state index contributed by atoms with van der Waals surface area (Å²) in [7, 11) is 1.71. The van der Waals surface area contributed by atoms with Gasteiger partial charge in [-0.2, -0.15) is 0 Å². The average Bonchev–Trinajstić information content (AvgIpc) is 2.37. The predicted molar refractivity (Wildman–Crippen MR) is 70.7 cm³/mol.